The maximum Gasteiger partial charge on any atom is 0.417 e. The molecule has 2 rings (SSSR count). The summed E-state index contributed by atoms with van der Waals surface area (Å²) in [6.45, 7) is 0. The van der Waals surface area contributed by atoms with Gasteiger partial charge < -0.3 is 11.5 Å². The lowest BCUT2D eigenvalue weighted by atomic mass is 10.2. The van der Waals surface area contributed by atoms with Crippen molar-refractivity contribution < 1.29 is 13.2 Å². The predicted octanol–water partition coefficient (Wildman–Crippen LogP) is 2.10. The second-order valence-corrected chi connectivity index (χ2v) is 3.81. The van der Waals surface area contributed by atoms with E-state index in [-0.39, 0.29) is 17.6 Å². The Morgan fingerprint density at radius 3 is 2.33 bits per heavy atom. The first-order valence-corrected chi connectivity index (χ1v) is 5.02. The van der Waals surface area contributed by atoms with Gasteiger partial charge in [-0.15, -0.1) is 5.10 Å². The van der Waals surface area contributed by atoms with Gasteiger partial charge in [-0.1, -0.05) is 11.6 Å². The lowest BCUT2D eigenvalue weighted by Gasteiger charge is -2.10. The highest BCUT2D eigenvalue weighted by molar-refractivity contribution is 6.31. The number of hydrogen-bond donors (Lipinski definition) is 2. The van der Waals surface area contributed by atoms with Crippen LogP contribution >= 0.6 is 11.6 Å². The van der Waals surface area contributed by atoms with Crippen LogP contribution in [0.3, 0.4) is 0 Å². The lowest BCUT2D eigenvalue weighted by Crippen LogP contribution is -2.08. The van der Waals surface area contributed by atoms with Crippen LogP contribution in [0.5, 0.6) is 0 Å². The van der Waals surface area contributed by atoms with Gasteiger partial charge in [-0.2, -0.15) is 22.8 Å². The molecule has 96 valence electrons. The Hall–Kier alpha value is -1.96. The molecular formula is C9H7ClF3N5. The Labute approximate surface area is 104 Å². The number of alkyl halides is 3. The molecule has 0 aliphatic carbocycles. The highest BCUT2D eigenvalue weighted by Crippen LogP contribution is 2.35. The quantitative estimate of drug-likeness (QED) is 0.836. The smallest absolute Gasteiger partial charge is 0.368 e. The summed E-state index contributed by atoms with van der Waals surface area (Å²) >= 11 is 5.57. The minimum Gasteiger partial charge on any atom is -0.368 e. The van der Waals surface area contributed by atoms with Gasteiger partial charge in [0.05, 0.1) is 16.3 Å². The topological polar surface area (TPSA) is 82.7 Å². The summed E-state index contributed by atoms with van der Waals surface area (Å²) in [6.07, 6.45) is -4.51. The van der Waals surface area contributed by atoms with Crippen molar-refractivity contribution in [2.45, 2.75) is 6.18 Å². The first-order chi connectivity index (χ1) is 8.29. The second kappa shape index (κ2) is 4.05. The van der Waals surface area contributed by atoms with Crippen LogP contribution in [0.25, 0.3) is 5.69 Å². The van der Waals surface area contributed by atoms with E-state index < -0.39 is 16.8 Å². The standard InChI is InChI=1S/C9H7ClF3N5/c10-6-3-4(1-2-5(6)9(11,12)13)18-8(15)16-7(14)17-18/h1-3H,(H4,14,15,16,17). The van der Waals surface area contributed by atoms with Crippen molar-refractivity contribution in [2.75, 3.05) is 11.5 Å². The Bertz CT molecular complexity index is 592. The highest BCUT2D eigenvalue weighted by Gasteiger charge is 2.33. The van der Waals surface area contributed by atoms with Crippen LogP contribution in [0.4, 0.5) is 25.1 Å². The molecule has 2 aromatic rings. The molecule has 1 heterocycles. The van der Waals surface area contributed by atoms with Crippen molar-refractivity contribution in [3.63, 3.8) is 0 Å². The number of nitrogen functional groups attached to an aromatic ring is 2. The lowest BCUT2D eigenvalue weighted by molar-refractivity contribution is -0.137. The molecule has 0 radical (unpaired) electrons. The Balaban J connectivity index is 2.50. The average Bonchev–Trinajstić information content (AvgIpc) is 2.55. The zero-order chi connectivity index (χ0) is 13.5. The van der Waals surface area contributed by atoms with E-state index in [2.05, 4.69) is 10.1 Å². The normalized spacial score (nSPS) is 11.8. The van der Waals surface area contributed by atoms with Gasteiger partial charge in [0, 0.05) is 0 Å². The maximum absolute atomic E-state index is 12.5. The molecule has 0 spiro atoms. The fourth-order valence-corrected chi connectivity index (χ4v) is 1.68. The molecular weight excluding hydrogens is 271 g/mol. The average molecular weight is 278 g/mol. The molecule has 0 bridgehead atoms. The zero-order valence-electron chi connectivity index (χ0n) is 8.74. The molecule has 0 atom stereocenters. The van der Waals surface area contributed by atoms with Gasteiger partial charge >= 0.3 is 6.18 Å². The molecule has 0 aliphatic rings. The van der Waals surface area contributed by atoms with E-state index in [1.165, 1.54) is 6.07 Å². The van der Waals surface area contributed by atoms with Crippen LogP contribution in [0.15, 0.2) is 18.2 Å². The summed E-state index contributed by atoms with van der Waals surface area (Å²) in [5, 5.41) is 3.28. The van der Waals surface area contributed by atoms with Crippen molar-refractivity contribution in [3.8, 4) is 5.69 Å². The van der Waals surface area contributed by atoms with Crippen LogP contribution in [-0.2, 0) is 6.18 Å². The van der Waals surface area contributed by atoms with E-state index >= 15 is 0 Å². The Kier molecular flexibility index (Phi) is 2.81. The number of benzene rings is 1. The molecule has 9 heteroatoms. The van der Waals surface area contributed by atoms with E-state index in [0.717, 1.165) is 16.8 Å². The number of nitrogens with zero attached hydrogens (tertiary/aromatic N) is 3. The molecule has 0 amide bonds. The van der Waals surface area contributed by atoms with Gasteiger partial charge in [-0.3, -0.25) is 0 Å². The fraction of sp³-hybridized carbons (Fsp3) is 0.111. The van der Waals surface area contributed by atoms with E-state index in [1.807, 2.05) is 0 Å². The van der Waals surface area contributed by atoms with E-state index in [4.69, 9.17) is 23.1 Å². The first kappa shape index (κ1) is 12.5. The van der Waals surface area contributed by atoms with Crippen LogP contribution in [0.1, 0.15) is 5.56 Å². The van der Waals surface area contributed by atoms with Crippen LogP contribution in [0, 0.1) is 0 Å². The highest BCUT2D eigenvalue weighted by atomic mass is 35.5. The molecule has 0 saturated carbocycles. The van der Waals surface area contributed by atoms with E-state index in [1.54, 1.807) is 0 Å². The van der Waals surface area contributed by atoms with Gasteiger partial charge in [0.25, 0.3) is 0 Å². The van der Waals surface area contributed by atoms with Gasteiger partial charge in [-0.25, -0.2) is 0 Å². The Morgan fingerprint density at radius 1 is 1.22 bits per heavy atom. The number of rotatable bonds is 1. The number of halogens is 4. The van der Waals surface area contributed by atoms with Crippen molar-refractivity contribution >= 4 is 23.5 Å². The number of hydrogen-bond acceptors (Lipinski definition) is 4. The van der Waals surface area contributed by atoms with Crippen LogP contribution in [0.2, 0.25) is 5.02 Å². The van der Waals surface area contributed by atoms with Crippen molar-refractivity contribution in [1.29, 1.82) is 0 Å². The fourth-order valence-electron chi connectivity index (χ4n) is 1.40. The van der Waals surface area contributed by atoms with Crippen LogP contribution < -0.4 is 11.5 Å². The van der Waals surface area contributed by atoms with Crippen molar-refractivity contribution in [2.24, 2.45) is 0 Å². The molecule has 0 fully saturated rings. The largest absolute Gasteiger partial charge is 0.417 e. The molecule has 0 unspecified atom stereocenters. The molecule has 18 heavy (non-hydrogen) atoms. The Morgan fingerprint density at radius 2 is 1.89 bits per heavy atom. The van der Waals surface area contributed by atoms with Crippen molar-refractivity contribution in [1.82, 2.24) is 14.8 Å². The van der Waals surface area contributed by atoms with Gasteiger partial charge in [0.2, 0.25) is 11.9 Å². The van der Waals surface area contributed by atoms with E-state index in [0.29, 0.717) is 0 Å². The summed E-state index contributed by atoms with van der Waals surface area (Å²) in [6, 6.07) is 3.11. The molecule has 4 N–H and O–H groups in total. The van der Waals surface area contributed by atoms with Crippen molar-refractivity contribution in [3.05, 3.63) is 28.8 Å². The zero-order valence-corrected chi connectivity index (χ0v) is 9.50. The summed E-state index contributed by atoms with van der Waals surface area (Å²) in [7, 11) is 0. The van der Waals surface area contributed by atoms with Gasteiger partial charge in [0.1, 0.15) is 0 Å². The van der Waals surface area contributed by atoms with Gasteiger partial charge in [0.15, 0.2) is 0 Å². The summed E-state index contributed by atoms with van der Waals surface area (Å²) in [4.78, 5) is 3.63. The number of anilines is 2. The summed E-state index contributed by atoms with van der Waals surface area (Å²) in [5.41, 5.74) is 10.1. The molecule has 1 aromatic heterocycles. The first-order valence-electron chi connectivity index (χ1n) is 4.64. The van der Waals surface area contributed by atoms with Gasteiger partial charge in [-0.05, 0) is 18.2 Å². The van der Waals surface area contributed by atoms with E-state index in [9.17, 15) is 13.2 Å². The maximum atomic E-state index is 12.5. The third-order valence-corrected chi connectivity index (χ3v) is 2.46. The SMILES string of the molecule is Nc1nc(N)n(-c2ccc(C(F)(F)F)c(Cl)c2)n1. The summed E-state index contributed by atoms with van der Waals surface area (Å²) < 4.78 is 38.6. The minimum atomic E-state index is -4.51. The second-order valence-electron chi connectivity index (χ2n) is 3.40. The molecule has 5 nitrogen and oxygen atoms in total. The monoisotopic (exact) mass is 277 g/mol. The molecule has 0 aliphatic heterocycles. The molecule has 1 aromatic carbocycles. The predicted molar refractivity (Wildman–Crippen MR) is 60.2 cm³/mol. The number of aromatic nitrogens is 3. The minimum absolute atomic E-state index is 0.0386. The third kappa shape index (κ3) is 2.19. The summed E-state index contributed by atoms with van der Waals surface area (Å²) in [5.74, 6) is -0.119. The number of nitrogens with two attached hydrogens (primary N) is 2. The van der Waals surface area contributed by atoms with Crippen LogP contribution in [-0.4, -0.2) is 14.8 Å². The molecule has 0 saturated heterocycles. The third-order valence-electron chi connectivity index (χ3n) is 2.15.